The molecule has 11 heavy (non-hydrogen) atoms. The molecule has 0 atom stereocenters. The van der Waals surface area contributed by atoms with Gasteiger partial charge in [0.05, 0.1) is 5.02 Å². The lowest BCUT2D eigenvalue weighted by Gasteiger charge is -1.92. The third-order valence-corrected chi connectivity index (χ3v) is 2.57. The summed E-state index contributed by atoms with van der Waals surface area (Å²) in [4.78, 5) is 3.95. The minimum Gasteiger partial charge on any atom is -0.443 e. The van der Waals surface area contributed by atoms with Gasteiger partial charge in [-0.15, -0.1) is 0 Å². The van der Waals surface area contributed by atoms with Gasteiger partial charge < -0.3 is 4.42 Å². The molecule has 0 unspecified atom stereocenters. The largest absolute Gasteiger partial charge is 0.443 e. The van der Waals surface area contributed by atoms with Crippen LogP contribution in [0.15, 0.2) is 27.4 Å². The maximum absolute atomic E-state index is 5.82. The van der Waals surface area contributed by atoms with E-state index in [1.54, 1.807) is 12.1 Å². The first-order chi connectivity index (χ1) is 5.27. The van der Waals surface area contributed by atoms with Crippen LogP contribution in [-0.4, -0.2) is 4.98 Å². The zero-order chi connectivity index (χ0) is 7.84. The Morgan fingerprint density at radius 2 is 2.27 bits per heavy atom. The van der Waals surface area contributed by atoms with Crippen LogP contribution >= 0.6 is 27.5 Å². The van der Waals surface area contributed by atoms with Crippen LogP contribution in [0.5, 0.6) is 0 Å². The molecule has 0 aliphatic rings. The molecule has 1 heterocycles. The molecule has 0 bridgehead atoms. The average molecular weight is 232 g/mol. The van der Waals surface area contributed by atoms with E-state index in [1.165, 1.54) is 6.39 Å². The van der Waals surface area contributed by atoms with Gasteiger partial charge in [0.2, 0.25) is 0 Å². The molecule has 2 aromatic rings. The van der Waals surface area contributed by atoms with E-state index in [1.807, 2.05) is 0 Å². The molecule has 4 heteroatoms. The van der Waals surface area contributed by atoms with E-state index >= 15 is 0 Å². The van der Waals surface area contributed by atoms with E-state index in [9.17, 15) is 0 Å². The van der Waals surface area contributed by atoms with Crippen LogP contribution in [0.3, 0.4) is 0 Å². The lowest BCUT2D eigenvalue weighted by molar-refractivity contribution is 0.602. The van der Waals surface area contributed by atoms with Crippen LogP contribution in [0, 0.1) is 0 Å². The van der Waals surface area contributed by atoms with E-state index in [-0.39, 0.29) is 0 Å². The van der Waals surface area contributed by atoms with Crippen molar-refractivity contribution >= 4 is 38.6 Å². The number of fused-ring (bicyclic) bond motifs is 1. The summed E-state index contributed by atoms with van der Waals surface area (Å²) in [5, 5.41) is 0.645. The number of halogens is 2. The molecule has 0 aliphatic carbocycles. The summed E-state index contributed by atoms with van der Waals surface area (Å²) in [5.74, 6) is 0. The number of rotatable bonds is 0. The summed E-state index contributed by atoms with van der Waals surface area (Å²) in [6.07, 6.45) is 1.40. The Balaban J connectivity index is 2.86. The monoisotopic (exact) mass is 231 g/mol. The van der Waals surface area contributed by atoms with Crippen molar-refractivity contribution in [1.29, 1.82) is 0 Å². The Kier molecular flexibility index (Phi) is 1.62. The van der Waals surface area contributed by atoms with Crippen molar-refractivity contribution in [3.8, 4) is 0 Å². The Hall–Kier alpha value is -0.540. The second-order valence-corrected chi connectivity index (χ2v) is 3.35. The van der Waals surface area contributed by atoms with Crippen LogP contribution in [0.4, 0.5) is 0 Å². The highest BCUT2D eigenvalue weighted by Crippen LogP contribution is 2.27. The second kappa shape index (κ2) is 2.50. The van der Waals surface area contributed by atoms with Gasteiger partial charge in [-0.1, -0.05) is 11.6 Å². The fourth-order valence-corrected chi connectivity index (χ4v) is 1.33. The molecule has 1 aromatic heterocycles. The zero-order valence-corrected chi connectivity index (χ0v) is 7.69. The first-order valence-electron chi connectivity index (χ1n) is 2.95. The zero-order valence-electron chi connectivity index (χ0n) is 5.34. The SMILES string of the molecule is Clc1cc2ncoc2cc1Br. The highest BCUT2D eigenvalue weighted by molar-refractivity contribution is 9.10. The third kappa shape index (κ3) is 1.14. The molecule has 2 rings (SSSR count). The van der Waals surface area contributed by atoms with E-state index < -0.39 is 0 Å². The Morgan fingerprint density at radius 3 is 3.09 bits per heavy atom. The summed E-state index contributed by atoms with van der Waals surface area (Å²) in [6, 6.07) is 3.55. The van der Waals surface area contributed by atoms with Gasteiger partial charge in [-0.2, -0.15) is 0 Å². The summed E-state index contributed by atoms with van der Waals surface area (Å²) in [7, 11) is 0. The Morgan fingerprint density at radius 1 is 1.45 bits per heavy atom. The van der Waals surface area contributed by atoms with Gasteiger partial charge in [-0.3, -0.25) is 0 Å². The molecule has 0 N–H and O–H groups in total. The Bertz CT molecular complexity index is 362. The summed E-state index contributed by atoms with van der Waals surface area (Å²) in [6.45, 7) is 0. The van der Waals surface area contributed by atoms with Crippen LogP contribution < -0.4 is 0 Å². The molecule has 1 aromatic carbocycles. The number of nitrogens with zero attached hydrogens (tertiary/aromatic N) is 1. The smallest absolute Gasteiger partial charge is 0.181 e. The maximum atomic E-state index is 5.82. The molecule has 0 radical (unpaired) electrons. The minimum absolute atomic E-state index is 0.645. The molecule has 0 spiro atoms. The molecule has 0 amide bonds. The molecule has 0 fully saturated rings. The number of oxazole rings is 1. The number of aromatic nitrogens is 1. The lowest BCUT2D eigenvalue weighted by atomic mass is 10.3. The Labute approximate surface area is 76.3 Å². The fourth-order valence-electron chi connectivity index (χ4n) is 0.853. The normalized spacial score (nSPS) is 10.7. The van der Waals surface area contributed by atoms with Crippen molar-refractivity contribution in [3.05, 3.63) is 28.0 Å². The fraction of sp³-hybridized carbons (Fsp3) is 0. The average Bonchev–Trinajstić information content (AvgIpc) is 2.36. The van der Waals surface area contributed by atoms with Crippen LogP contribution in [0.25, 0.3) is 11.1 Å². The van der Waals surface area contributed by atoms with Gasteiger partial charge in [0.15, 0.2) is 12.0 Å². The van der Waals surface area contributed by atoms with Crippen molar-refractivity contribution in [2.75, 3.05) is 0 Å². The van der Waals surface area contributed by atoms with Gasteiger partial charge >= 0.3 is 0 Å². The topological polar surface area (TPSA) is 26.0 Å². The summed E-state index contributed by atoms with van der Waals surface area (Å²) < 4.78 is 5.88. The van der Waals surface area contributed by atoms with Crippen molar-refractivity contribution in [3.63, 3.8) is 0 Å². The molecule has 56 valence electrons. The van der Waals surface area contributed by atoms with Gasteiger partial charge in [0.1, 0.15) is 5.52 Å². The van der Waals surface area contributed by atoms with Crippen molar-refractivity contribution < 1.29 is 4.42 Å². The molecular weight excluding hydrogens is 229 g/mol. The number of hydrogen-bond donors (Lipinski definition) is 0. The third-order valence-electron chi connectivity index (χ3n) is 1.37. The van der Waals surface area contributed by atoms with E-state index in [4.69, 9.17) is 16.0 Å². The van der Waals surface area contributed by atoms with Gasteiger partial charge in [-0.05, 0) is 28.1 Å². The van der Waals surface area contributed by atoms with Gasteiger partial charge in [0.25, 0.3) is 0 Å². The van der Waals surface area contributed by atoms with Crippen LogP contribution in [0.2, 0.25) is 5.02 Å². The molecule has 0 saturated heterocycles. The second-order valence-electron chi connectivity index (χ2n) is 2.09. The van der Waals surface area contributed by atoms with Crippen molar-refractivity contribution in [2.24, 2.45) is 0 Å². The predicted octanol–water partition coefficient (Wildman–Crippen LogP) is 3.24. The molecule has 0 aliphatic heterocycles. The van der Waals surface area contributed by atoms with Crippen LogP contribution in [0.1, 0.15) is 0 Å². The summed E-state index contributed by atoms with van der Waals surface area (Å²) in [5.41, 5.74) is 1.51. The maximum Gasteiger partial charge on any atom is 0.181 e. The van der Waals surface area contributed by atoms with Crippen molar-refractivity contribution in [1.82, 2.24) is 4.98 Å². The standard InChI is InChI=1S/C7H3BrClNO/c8-4-1-7-6(2-5(4)9)10-3-11-7/h1-3H. The van der Waals surface area contributed by atoms with E-state index in [0.29, 0.717) is 5.02 Å². The van der Waals surface area contributed by atoms with Gasteiger partial charge in [0, 0.05) is 4.47 Å². The lowest BCUT2D eigenvalue weighted by Crippen LogP contribution is -1.70. The number of hydrogen-bond acceptors (Lipinski definition) is 2. The molecular formula is C7H3BrClNO. The first kappa shape index (κ1) is 7.13. The number of benzene rings is 1. The first-order valence-corrected chi connectivity index (χ1v) is 4.13. The predicted molar refractivity (Wildman–Crippen MR) is 46.7 cm³/mol. The molecule has 2 nitrogen and oxygen atoms in total. The van der Waals surface area contributed by atoms with Crippen molar-refractivity contribution in [2.45, 2.75) is 0 Å². The summed E-state index contributed by atoms with van der Waals surface area (Å²) >= 11 is 9.10. The van der Waals surface area contributed by atoms with Crippen LogP contribution in [-0.2, 0) is 0 Å². The highest BCUT2D eigenvalue weighted by atomic mass is 79.9. The van der Waals surface area contributed by atoms with E-state index in [2.05, 4.69) is 20.9 Å². The highest BCUT2D eigenvalue weighted by Gasteiger charge is 2.02. The minimum atomic E-state index is 0.645. The molecule has 0 saturated carbocycles. The quantitative estimate of drug-likeness (QED) is 0.697. The van der Waals surface area contributed by atoms with E-state index in [0.717, 1.165) is 15.6 Å². The van der Waals surface area contributed by atoms with Gasteiger partial charge in [-0.25, -0.2) is 4.98 Å².